The van der Waals surface area contributed by atoms with Crippen molar-refractivity contribution >= 4 is 24.8 Å². The van der Waals surface area contributed by atoms with E-state index in [0.717, 1.165) is 13.0 Å². The first-order chi connectivity index (χ1) is 3.81. The van der Waals surface area contributed by atoms with E-state index in [4.69, 9.17) is 0 Å². The second-order valence-electron chi connectivity index (χ2n) is 1.70. The van der Waals surface area contributed by atoms with E-state index in [-0.39, 0.29) is 24.8 Å². The SMILES string of the molecule is CCCC(=O)NCC.[Li]. The standard InChI is InChI=1S/C6H13NO.Li/c1-3-5-6(8)7-4-2;/h3-5H2,1-2H3,(H,7,8);. The number of hydrogen-bond acceptors (Lipinski definition) is 1. The van der Waals surface area contributed by atoms with Gasteiger partial charge in [0, 0.05) is 31.8 Å². The van der Waals surface area contributed by atoms with Crippen LogP contribution < -0.4 is 5.32 Å². The quantitative estimate of drug-likeness (QED) is 0.544. The van der Waals surface area contributed by atoms with Gasteiger partial charge >= 0.3 is 0 Å². The van der Waals surface area contributed by atoms with Gasteiger partial charge in [-0.3, -0.25) is 4.79 Å². The number of carbonyl (C=O) groups excluding carboxylic acids is 1. The molecule has 0 aromatic heterocycles. The van der Waals surface area contributed by atoms with E-state index in [1.165, 1.54) is 0 Å². The van der Waals surface area contributed by atoms with Crippen molar-refractivity contribution in [2.24, 2.45) is 0 Å². The summed E-state index contributed by atoms with van der Waals surface area (Å²) >= 11 is 0. The summed E-state index contributed by atoms with van der Waals surface area (Å²) in [5.41, 5.74) is 0. The van der Waals surface area contributed by atoms with E-state index in [1.54, 1.807) is 0 Å². The van der Waals surface area contributed by atoms with Gasteiger partial charge in [-0.1, -0.05) is 6.92 Å². The minimum absolute atomic E-state index is 0. The molecule has 0 fully saturated rings. The third kappa shape index (κ3) is 8.07. The molecule has 0 atom stereocenters. The van der Waals surface area contributed by atoms with Crippen molar-refractivity contribution in [1.29, 1.82) is 0 Å². The van der Waals surface area contributed by atoms with Crippen LogP contribution in [0.15, 0.2) is 0 Å². The predicted molar refractivity (Wildman–Crippen MR) is 39.3 cm³/mol. The van der Waals surface area contributed by atoms with Gasteiger partial charge in [0.05, 0.1) is 0 Å². The largest absolute Gasteiger partial charge is 0.356 e. The summed E-state index contributed by atoms with van der Waals surface area (Å²) in [5, 5.41) is 2.71. The second-order valence-corrected chi connectivity index (χ2v) is 1.70. The van der Waals surface area contributed by atoms with Crippen molar-refractivity contribution in [3.8, 4) is 0 Å². The van der Waals surface area contributed by atoms with Crippen LogP contribution in [0.25, 0.3) is 0 Å². The molecular formula is C6H13LiNO. The van der Waals surface area contributed by atoms with Gasteiger partial charge in [0.2, 0.25) is 5.91 Å². The molecule has 1 N–H and O–H groups in total. The Bertz CT molecular complexity index is 67.5. The summed E-state index contributed by atoms with van der Waals surface area (Å²) in [6, 6.07) is 0. The maximum absolute atomic E-state index is 10.5. The summed E-state index contributed by atoms with van der Waals surface area (Å²) in [4.78, 5) is 10.5. The monoisotopic (exact) mass is 122 g/mol. The molecule has 0 aliphatic rings. The summed E-state index contributed by atoms with van der Waals surface area (Å²) in [5.74, 6) is 0.162. The van der Waals surface area contributed by atoms with Crippen molar-refractivity contribution in [1.82, 2.24) is 5.32 Å². The van der Waals surface area contributed by atoms with Crippen molar-refractivity contribution in [2.75, 3.05) is 6.54 Å². The van der Waals surface area contributed by atoms with E-state index in [0.29, 0.717) is 6.42 Å². The molecule has 0 bridgehead atoms. The molecule has 0 rings (SSSR count). The van der Waals surface area contributed by atoms with Crippen LogP contribution in [0.2, 0.25) is 0 Å². The molecule has 0 aromatic carbocycles. The zero-order valence-electron chi connectivity index (χ0n) is 6.53. The maximum atomic E-state index is 10.5. The Hall–Kier alpha value is 0.0674. The minimum atomic E-state index is 0. The van der Waals surface area contributed by atoms with Gasteiger partial charge < -0.3 is 5.32 Å². The maximum Gasteiger partial charge on any atom is 0.219 e. The molecular weight excluding hydrogens is 109 g/mol. The molecule has 1 radical (unpaired) electrons. The van der Waals surface area contributed by atoms with Crippen LogP contribution in [-0.4, -0.2) is 31.3 Å². The fourth-order valence-corrected chi connectivity index (χ4v) is 0.513. The third-order valence-corrected chi connectivity index (χ3v) is 0.851. The van der Waals surface area contributed by atoms with Gasteiger partial charge in [-0.15, -0.1) is 0 Å². The van der Waals surface area contributed by atoms with E-state index >= 15 is 0 Å². The Balaban J connectivity index is 0. The van der Waals surface area contributed by atoms with Crippen LogP contribution in [0.3, 0.4) is 0 Å². The molecule has 0 aromatic rings. The Morgan fingerprint density at radius 2 is 2.00 bits per heavy atom. The van der Waals surface area contributed by atoms with E-state index in [2.05, 4.69) is 5.32 Å². The van der Waals surface area contributed by atoms with Crippen LogP contribution in [0.4, 0.5) is 0 Å². The molecule has 1 amide bonds. The zero-order valence-corrected chi connectivity index (χ0v) is 6.53. The van der Waals surface area contributed by atoms with Crippen molar-refractivity contribution in [3.63, 3.8) is 0 Å². The number of carbonyl (C=O) groups is 1. The first-order valence-electron chi connectivity index (χ1n) is 3.08. The van der Waals surface area contributed by atoms with E-state index < -0.39 is 0 Å². The van der Waals surface area contributed by atoms with Crippen molar-refractivity contribution < 1.29 is 4.79 Å². The average molecular weight is 122 g/mol. The molecule has 0 aliphatic heterocycles. The minimum Gasteiger partial charge on any atom is -0.356 e. The normalized spacial score (nSPS) is 7.78. The van der Waals surface area contributed by atoms with Gasteiger partial charge in [-0.2, -0.15) is 0 Å². The third-order valence-electron chi connectivity index (χ3n) is 0.851. The molecule has 0 unspecified atom stereocenters. The Morgan fingerprint density at radius 1 is 1.44 bits per heavy atom. The Labute approximate surface area is 68.6 Å². The van der Waals surface area contributed by atoms with Crippen LogP contribution in [0.1, 0.15) is 26.7 Å². The van der Waals surface area contributed by atoms with Crippen LogP contribution in [0.5, 0.6) is 0 Å². The van der Waals surface area contributed by atoms with E-state index in [9.17, 15) is 4.79 Å². The van der Waals surface area contributed by atoms with Crippen LogP contribution >= 0.6 is 0 Å². The molecule has 9 heavy (non-hydrogen) atoms. The summed E-state index contributed by atoms with van der Waals surface area (Å²) in [7, 11) is 0. The molecule has 49 valence electrons. The van der Waals surface area contributed by atoms with Gasteiger partial charge in [0.15, 0.2) is 0 Å². The van der Waals surface area contributed by atoms with Crippen molar-refractivity contribution in [3.05, 3.63) is 0 Å². The molecule has 0 saturated carbocycles. The van der Waals surface area contributed by atoms with Crippen molar-refractivity contribution in [2.45, 2.75) is 26.7 Å². The summed E-state index contributed by atoms with van der Waals surface area (Å²) in [6.07, 6.45) is 1.60. The number of rotatable bonds is 3. The molecule has 2 nitrogen and oxygen atoms in total. The van der Waals surface area contributed by atoms with Gasteiger partial charge in [0.25, 0.3) is 0 Å². The first kappa shape index (κ1) is 11.8. The zero-order chi connectivity index (χ0) is 6.41. The topological polar surface area (TPSA) is 29.1 Å². The second kappa shape index (κ2) is 8.07. The van der Waals surface area contributed by atoms with E-state index in [1.807, 2.05) is 13.8 Å². The van der Waals surface area contributed by atoms with Gasteiger partial charge in [-0.05, 0) is 13.3 Å². The number of amides is 1. The summed E-state index contributed by atoms with van der Waals surface area (Å²) < 4.78 is 0. The fourth-order valence-electron chi connectivity index (χ4n) is 0.513. The molecule has 0 saturated heterocycles. The van der Waals surface area contributed by atoms with Crippen LogP contribution in [0, 0.1) is 0 Å². The number of hydrogen-bond donors (Lipinski definition) is 1. The smallest absolute Gasteiger partial charge is 0.219 e. The molecule has 0 spiro atoms. The Morgan fingerprint density at radius 3 is 2.33 bits per heavy atom. The summed E-state index contributed by atoms with van der Waals surface area (Å²) in [6.45, 7) is 4.67. The molecule has 3 heteroatoms. The van der Waals surface area contributed by atoms with Gasteiger partial charge in [0.1, 0.15) is 0 Å². The van der Waals surface area contributed by atoms with Gasteiger partial charge in [-0.25, -0.2) is 0 Å². The van der Waals surface area contributed by atoms with Crippen LogP contribution in [-0.2, 0) is 4.79 Å². The predicted octanol–water partition coefficient (Wildman–Crippen LogP) is 0.542. The molecule has 0 aliphatic carbocycles. The Kier molecular flexibility index (Phi) is 10.6. The fraction of sp³-hybridized carbons (Fsp3) is 0.833. The average Bonchev–Trinajstić information content (AvgIpc) is 1.68. The number of nitrogens with one attached hydrogen (secondary N) is 1. The first-order valence-corrected chi connectivity index (χ1v) is 3.08. The molecule has 0 heterocycles.